The molecule has 0 atom stereocenters. The van der Waals surface area contributed by atoms with Crippen molar-refractivity contribution in [2.75, 3.05) is 12.9 Å². The van der Waals surface area contributed by atoms with Crippen LogP contribution in [-0.2, 0) is 9.53 Å². The van der Waals surface area contributed by atoms with Gasteiger partial charge in [0, 0.05) is 17.3 Å². The average Bonchev–Trinajstić information content (AvgIpc) is 2.39. The minimum atomic E-state index is 0.375. The predicted octanol–water partition coefficient (Wildman–Crippen LogP) is 3.71. The van der Waals surface area contributed by atoms with Gasteiger partial charge < -0.3 is 4.74 Å². The van der Waals surface area contributed by atoms with Crippen LogP contribution < -0.4 is 0 Å². The first-order valence-corrected chi connectivity index (χ1v) is 6.74. The molecule has 0 aliphatic rings. The zero-order valence-electron chi connectivity index (χ0n) is 11.4. The molecule has 0 spiro atoms. The summed E-state index contributed by atoms with van der Waals surface area (Å²) in [6, 6.07) is 2.17. The lowest BCUT2D eigenvalue weighted by molar-refractivity contribution is -0.126. The fourth-order valence-corrected chi connectivity index (χ4v) is 1.67. The molecule has 0 fully saturated rings. The molecule has 0 amide bonds. The SMILES string of the molecule is CC.CCCSc1cncc(C)c1.COC=O. The van der Waals surface area contributed by atoms with Crippen molar-refractivity contribution in [1.82, 2.24) is 4.98 Å². The maximum absolute atomic E-state index is 8.95. The Bertz CT molecular complexity index is 280. The number of aromatic nitrogens is 1. The number of nitrogens with zero attached hydrogens (tertiary/aromatic N) is 1. The van der Waals surface area contributed by atoms with E-state index in [1.54, 1.807) is 0 Å². The quantitative estimate of drug-likeness (QED) is 0.609. The van der Waals surface area contributed by atoms with Crippen LogP contribution in [-0.4, -0.2) is 24.3 Å². The van der Waals surface area contributed by atoms with E-state index in [1.165, 1.54) is 29.7 Å². The molecule has 0 aliphatic carbocycles. The van der Waals surface area contributed by atoms with Gasteiger partial charge in [-0.15, -0.1) is 11.8 Å². The predicted molar refractivity (Wildman–Crippen MR) is 74.4 cm³/mol. The lowest BCUT2D eigenvalue weighted by Crippen LogP contribution is -1.80. The van der Waals surface area contributed by atoms with Crippen LogP contribution in [0.25, 0.3) is 0 Å². The lowest BCUT2D eigenvalue weighted by Gasteiger charge is -1.98. The zero-order chi connectivity index (χ0) is 13.5. The second kappa shape index (κ2) is 15.0. The molecule has 98 valence electrons. The van der Waals surface area contributed by atoms with E-state index in [9.17, 15) is 0 Å². The Hall–Kier alpha value is -1.03. The fourth-order valence-electron chi connectivity index (χ4n) is 0.826. The maximum Gasteiger partial charge on any atom is 0.292 e. The van der Waals surface area contributed by atoms with Crippen molar-refractivity contribution in [3.63, 3.8) is 0 Å². The summed E-state index contributed by atoms with van der Waals surface area (Å²) in [6.07, 6.45) is 5.03. The highest BCUT2D eigenvalue weighted by Crippen LogP contribution is 2.17. The van der Waals surface area contributed by atoms with Crippen molar-refractivity contribution >= 4 is 18.2 Å². The smallest absolute Gasteiger partial charge is 0.292 e. The maximum atomic E-state index is 8.95. The van der Waals surface area contributed by atoms with Gasteiger partial charge >= 0.3 is 0 Å². The molecule has 0 saturated carbocycles. The monoisotopic (exact) mass is 257 g/mol. The summed E-state index contributed by atoms with van der Waals surface area (Å²) in [7, 11) is 1.31. The number of pyridine rings is 1. The average molecular weight is 257 g/mol. The van der Waals surface area contributed by atoms with Crippen molar-refractivity contribution < 1.29 is 9.53 Å². The largest absolute Gasteiger partial charge is 0.471 e. The molecule has 1 rings (SSSR count). The van der Waals surface area contributed by atoms with Crippen LogP contribution in [0.3, 0.4) is 0 Å². The van der Waals surface area contributed by atoms with E-state index in [2.05, 4.69) is 29.6 Å². The first-order chi connectivity index (χ1) is 8.24. The Morgan fingerprint density at radius 1 is 1.41 bits per heavy atom. The second-order valence-corrected chi connectivity index (χ2v) is 4.05. The first-order valence-electron chi connectivity index (χ1n) is 5.75. The van der Waals surface area contributed by atoms with Gasteiger partial charge in [0.1, 0.15) is 0 Å². The van der Waals surface area contributed by atoms with Crippen LogP contribution in [0.5, 0.6) is 0 Å². The highest BCUT2D eigenvalue weighted by atomic mass is 32.2. The van der Waals surface area contributed by atoms with E-state index in [-0.39, 0.29) is 0 Å². The number of rotatable bonds is 4. The van der Waals surface area contributed by atoms with E-state index >= 15 is 0 Å². The fraction of sp³-hybridized carbons (Fsp3) is 0.538. The summed E-state index contributed by atoms with van der Waals surface area (Å²) in [4.78, 5) is 14.4. The molecule has 17 heavy (non-hydrogen) atoms. The Labute approximate surface area is 109 Å². The summed E-state index contributed by atoms with van der Waals surface area (Å²) in [6.45, 7) is 8.64. The molecule has 1 aromatic rings. The number of thioether (sulfide) groups is 1. The molecule has 0 bridgehead atoms. The van der Waals surface area contributed by atoms with E-state index < -0.39 is 0 Å². The Morgan fingerprint density at radius 3 is 2.41 bits per heavy atom. The van der Waals surface area contributed by atoms with Crippen LogP contribution in [0.1, 0.15) is 32.8 Å². The van der Waals surface area contributed by atoms with E-state index in [1.807, 2.05) is 38.0 Å². The van der Waals surface area contributed by atoms with Gasteiger partial charge in [-0.1, -0.05) is 20.8 Å². The molecule has 4 heteroatoms. The second-order valence-electron chi connectivity index (χ2n) is 2.88. The molecule has 0 N–H and O–H groups in total. The first kappa shape index (κ1) is 18.3. The van der Waals surface area contributed by atoms with Crippen molar-refractivity contribution in [3.05, 3.63) is 24.0 Å². The Kier molecular flexibility index (Phi) is 16.1. The number of hydrogen-bond donors (Lipinski definition) is 0. The van der Waals surface area contributed by atoms with Crippen molar-refractivity contribution in [2.45, 2.75) is 39.0 Å². The van der Waals surface area contributed by atoms with Gasteiger partial charge in [-0.05, 0) is 30.7 Å². The minimum Gasteiger partial charge on any atom is -0.471 e. The normalized spacial score (nSPS) is 8.06. The third-order valence-corrected chi connectivity index (χ3v) is 2.59. The molecule has 3 nitrogen and oxygen atoms in total. The Balaban J connectivity index is 0. The molecule has 0 aromatic carbocycles. The summed E-state index contributed by atoms with van der Waals surface area (Å²) < 4.78 is 3.86. The molecule has 1 aromatic heterocycles. The van der Waals surface area contributed by atoms with Crippen LogP contribution in [0.15, 0.2) is 23.4 Å². The third-order valence-electron chi connectivity index (χ3n) is 1.42. The van der Waals surface area contributed by atoms with Crippen LogP contribution in [0, 0.1) is 6.92 Å². The van der Waals surface area contributed by atoms with Gasteiger partial charge in [-0.2, -0.15) is 0 Å². The molecule has 0 aliphatic heterocycles. The van der Waals surface area contributed by atoms with E-state index in [4.69, 9.17) is 4.79 Å². The lowest BCUT2D eigenvalue weighted by atomic mass is 10.3. The molecular weight excluding hydrogens is 234 g/mol. The number of hydrogen-bond acceptors (Lipinski definition) is 4. The van der Waals surface area contributed by atoms with Gasteiger partial charge in [-0.25, -0.2) is 0 Å². The molecule has 1 heterocycles. The molecule has 0 radical (unpaired) electrons. The highest BCUT2D eigenvalue weighted by Gasteiger charge is 1.92. The van der Waals surface area contributed by atoms with Gasteiger partial charge in [0.25, 0.3) is 6.47 Å². The van der Waals surface area contributed by atoms with Crippen molar-refractivity contribution in [2.24, 2.45) is 0 Å². The van der Waals surface area contributed by atoms with Gasteiger partial charge in [0.15, 0.2) is 0 Å². The number of carbonyl (C=O) groups excluding carboxylic acids is 1. The molecular formula is C13H23NO2S. The third kappa shape index (κ3) is 12.9. The van der Waals surface area contributed by atoms with Crippen molar-refractivity contribution in [3.8, 4) is 0 Å². The molecule has 0 unspecified atom stereocenters. The van der Waals surface area contributed by atoms with Gasteiger partial charge in [0.2, 0.25) is 0 Å². The standard InChI is InChI=1S/C9H13NS.C2H4O2.C2H6/c1-3-4-11-9-5-8(2)6-10-7-9;1-4-2-3;1-2/h5-7H,3-4H2,1-2H3;2H,1H3;1-2H3. The summed E-state index contributed by atoms with van der Waals surface area (Å²) in [5.74, 6) is 1.19. The number of aryl methyl sites for hydroxylation is 1. The van der Waals surface area contributed by atoms with E-state index in [0.717, 1.165) is 0 Å². The van der Waals surface area contributed by atoms with Gasteiger partial charge in [-0.3, -0.25) is 9.78 Å². The zero-order valence-corrected chi connectivity index (χ0v) is 12.2. The van der Waals surface area contributed by atoms with Crippen LogP contribution in [0.2, 0.25) is 0 Å². The van der Waals surface area contributed by atoms with Crippen molar-refractivity contribution in [1.29, 1.82) is 0 Å². The van der Waals surface area contributed by atoms with Crippen LogP contribution in [0.4, 0.5) is 0 Å². The molecule has 0 saturated heterocycles. The van der Waals surface area contributed by atoms with Gasteiger partial charge in [0.05, 0.1) is 7.11 Å². The number of methoxy groups -OCH3 is 1. The summed E-state index contributed by atoms with van der Waals surface area (Å²) >= 11 is 1.87. The summed E-state index contributed by atoms with van der Waals surface area (Å²) in [5, 5.41) is 0. The topological polar surface area (TPSA) is 39.2 Å². The van der Waals surface area contributed by atoms with Crippen LogP contribution >= 0.6 is 11.8 Å². The number of ether oxygens (including phenoxy) is 1. The minimum absolute atomic E-state index is 0.375. The summed E-state index contributed by atoms with van der Waals surface area (Å²) in [5.41, 5.74) is 1.24. The van der Waals surface area contributed by atoms with E-state index in [0.29, 0.717) is 6.47 Å². The highest BCUT2D eigenvalue weighted by molar-refractivity contribution is 7.99. The number of carbonyl (C=O) groups is 1. The Morgan fingerprint density at radius 2 is 2.00 bits per heavy atom.